The van der Waals surface area contributed by atoms with Crippen LogP contribution in [0.3, 0.4) is 0 Å². The van der Waals surface area contributed by atoms with E-state index in [1.54, 1.807) is 0 Å². The molecule has 1 saturated heterocycles. The van der Waals surface area contributed by atoms with Crippen molar-refractivity contribution in [1.29, 1.82) is 0 Å². The van der Waals surface area contributed by atoms with Gasteiger partial charge in [-0.15, -0.1) is 0 Å². The lowest BCUT2D eigenvalue weighted by Gasteiger charge is -2.35. The Kier molecular flexibility index (Phi) is 4.01. The van der Waals surface area contributed by atoms with Crippen LogP contribution in [0.4, 0.5) is 5.69 Å². The standard InChI is InChI=1S/C12H12BrCl2NO/c1-7-6-8(17)4-5-16(7)10-3-2-9(13)11(14)12(10)15/h2-3,7H,4-6H2,1H3. The fourth-order valence-electron chi connectivity index (χ4n) is 2.10. The first-order valence-corrected chi connectivity index (χ1v) is 6.97. The third-order valence-electron chi connectivity index (χ3n) is 3.01. The maximum absolute atomic E-state index is 11.4. The summed E-state index contributed by atoms with van der Waals surface area (Å²) in [6.07, 6.45) is 1.15. The molecule has 92 valence electrons. The zero-order valence-corrected chi connectivity index (χ0v) is 12.4. The number of halogens is 3. The van der Waals surface area contributed by atoms with Gasteiger partial charge in [-0.25, -0.2) is 0 Å². The summed E-state index contributed by atoms with van der Waals surface area (Å²) < 4.78 is 0.786. The lowest BCUT2D eigenvalue weighted by Crippen LogP contribution is -2.41. The van der Waals surface area contributed by atoms with Gasteiger partial charge in [-0.05, 0) is 35.0 Å². The lowest BCUT2D eigenvalue weighted by molar-refractivity contribution is -0.120. The van der Waals surface area contributed by atoms with E-state index in [9.17, 15) is 4.79 Å². The Bertz CT molecular complexity index is 464. The Balaban J connectivity index is 2.34. The smallest absolute Gasteiger partial charge is 0.136 e. The van der Waals surface area contributed by atoms with Gasteiger partial charge in [0, 0.05) is 29.9 Å². The van der Waals surface area contributed by atoms with Crippen molar-refractivity contribution in [3.05, 3.63) is 26.7 Å². The van der Waals surface area contributed by atoms with Crippen molar-refractivity contribution in [3.8, 4) is 0 Å². The number of hydrogen-bond donors (Lipinski definition) is 0. The Hall–Kier alpha value is -0.250. The third kappa shape index (κ3) is 2.61. The number of carbonyl (C=O) groups excluding carboxylic acids is 1. The molecule has 1 unspecified atom stereocenters. The van der Waals surface area contributed by atoms with Crippen LogP contribution < -0.4 is 4.90 Å². The maximum atomic E-state index is 11.4. The Morgan fingerprint density at radius 3 is 2.71 bits per heavy atom. The van der Waals surface area contributed by atoms with Crippen molar-refractivity contribution in [3.63, 3.8) is 0 Å². The van der Waals surface area contributed by atoms with Crippen LogP contribution in [-0.2, 0) is 4.79 Å². The van der Waals surface area contributed by atoms with Gasteiger partial charge in [-0.2, -0.15) is 0 Å². The SMILES string of the molecule is CC1CC(=O)CCN1c1ccc(Br)c(Cl)c1Cl. The summed E-state index contributed by atoms with van der Waals surface area (Å²) in [5.74, 6) is 0.313. The average Bonchev–Trinajstić information content (AvgIpc) is 2.28. The molecule has 0 aromatic heterocycles. The third-order valence-corrected chi connectivity index (χ3v) is 4.77. The topological polar surface area (TPSA) is 20.3 Å². The summed E-state index contributed by atoms with van der Waals surface area (Å²) in [4.78, 5) is 13.5. The van der Waals surface area contributed by atoms with Gasteiger partial charge in [0.15, 0.2) is 0 Å². The molecule has 0 aliphatic carbocycles. The molecule has 0 saturated carbocycles. The fraction of sp³-hybridized carbons (Fsp3) is 0.417. The normalized spacial score (nSPS) is 20.8. The molecule has 0 spiro atoms. The highest BCUT2D eigenvalue weighted by Crippen LogP contribution is 2.39. The van der Waals surface area contributed by atoms with Gasteiger partial charge in [0.1, 0.15) is 5.78 Å². The van der Waals surface area contributed by atoms with E-state index in [0.29, 0.717) is 35.2 Å². The second kappa shape index (κ2) is 5.17. The number of benzene rings is 1. The minimum atomic E-state index is 0.172. The molecule has 5 heteroatoms. The van der Waals surface area contributed by atoms with Crippen molar-refractivity contribution < 1.29 is 4.79 Å². The van der Waals surface area contributed by atoms with Crippen LogP contribution in [0.1, 0.15) is 19.8 Å². The van der Waals surface area contributed by atoms with E-state index in [2.05, 4.69) is 20.8 Å². The minimum absolute atomic E-state index is 0.172. The van der Waals surface area contributed by atoms with Crippen LogP contribution in [0, 0.1) is 0 Å². The van der Waals surface area contributed by atoms with Crippen LogP contribution in [0.15, 0.2) is 16.6 Å². The summed E-state index contributed by atoms with van der Waals surface area (Å²) in [6.45, 7) is 2.74. The van der Waals surface area contributed by atoms with Crippen molar-refractivity contribution in [2.75, 3.05) is 11.4 Å². The number of carbonyl (C=O) groups is 1. The van der Waals surface area contributed by atoms with Crippen molar-refractivity contribution >= 4 is 50.6 Å². The minimum Gasteiger partial charge on any atom is -0.367 e. The molecule has 0 N–H and O–H groups in total. The highest BCUT2D eigenvalue weighted by molar-refractivity contribution is 9.10. The van der Waals surface area contributed by atoms with E-state index in [4.69, 9.17) is 23.2 Å². The molecular weight excluding hydrogens is 325 g/mol. The van der Waals surface area contributed by atoms with Crippen LogP contribution >= 0.6 is 39.1 Å². The summed E-state index contributed by atoms with van der Waals surface area (Å²) in [6, 6.07) is 3.99. The summed E-state index contributed by atoms with van der Waals surface area (Å²) in [7, 11) is 0. The molecule has 1 aromatic rings. The fourth-order valence-corrected chi connectivity index (χ4v) is 2.98. The average molecular weight is 337 g/mol. The van der Waals surface area contributed by atoms with Crippen LogP contribution in [-0.4, -0.2) is 18.4 Å². The first-order chi connectivity index (χ1) is 8.00. The maximum Gasteiger partial charge on any atom is 0.136 e. The number of rotatable bonds is 1. The molecule has 1 aliphatic heterocycles. The van der Waals surface area contributed by atoms with Gasteiger partial charge < -0.3 is 4.90 Å². The van der Waals surface area contributed by atoms with E-state index in [0.717, 1.165) is 10.2 Å². The van der Waals surface area contributed by atoms with E-state index in [1.165, 1.54) is 0 Å². The van der Waals surface area contributed by atoms with Gasteiger partial charge in [-0.3, -0.25) is 4.79 Å². The number of Topliss-reactive ketones (excluding diaryl/α,β-unsaturated/α-hetero) is 1. The number of hydrogen-bond acceptors (Lipinski definition) is 2. The number of piperidine rings is 1. The highest BCUT2D eigenvalue weighted by Gasteiger charge is 2.25. The van der Waals surface area contributed by atoms with Gasteiger partial charge >= 0.3 is 0 Å². The van der Waals surface area contributed by atoms with Gasteiger partial charge in [-0.1, -0.05) is 23.2 Å². The highest BCUT2D eigenvalue weighted by atomic mass is 79.9. The first kappa shape index (κ1) is 13.2. The monoisotopic (exact) mass is 335 g/mol. The number of ketones is 1. The van der Waals surface area contributed by atoms with Crippen molar-refractivity contribution in [1.82, 2.24) is 0 Å². The summed E-state index contributed by atoms with van der Waals surface area (Å²) in [5.41, 5.74) is 0.903. The zero-order valence-electron chi connectivity index (χ0n) is 9.34. The molecule has 2 rings (SSSR count). The Labute approximate surface area is 119 Å². The molecule has 1 heterocycles. The van der Waals surface area contributed by atoms with Gasteiger partial charge in [0.2, 0.25) is 0 Å². The van der Waals surface area contributed by atoms with Crippen LogP contribution in [0.25, 0.3) is 0 Å². The molecule has 1 fully saturated rings. The van der Waals surface area contributed by atoms with E-state index < -0.39 is 0 Å². The van der Waals surface area contributed by atoms with Crippen LogP contribution in [0.2, 0.25) is 10.0 Å². The second-order valence-electron chi connectivity index (χ2n) is 4.23. The van der Waals surface area contributed by atoms with Crippen LogP contribution in [0.5, 0.6) is 0 Å². The van der Waals surface area contributed by atoms with Crippen molar-refractivity contribution in [2.45, 2.75) is 25.8 Å². The molecule has 1 aromatic carbocycles. The van der Waals surface area contributed by atoms with E-state index >= 15 is 0 Å². The quantitative estimate of drug-likeness (QED) is 0.712. The lowest BCUT2D eigenvalue weighted by atomic mass is 10.0. The van der Waals surface area contributed by atoms with Gasteiger partial charge in [0.05, 0.1) is 15.7 Å². The largest absolute Gasteiger partial charge is 0.367 e. The van der Waals surface area contributed by atoms with E-state index in [-0.39, 0.29) is 6.04 Å². The van der Waals surface area contributed by atoms with Gasteiger partial charge in [0.25, 0.3) is 0 Å². The second-order valence-corrected chi connectivity index (χ2v) is 5.84. The molecule has 2 nitrogen and oxygen atoms in total. The molecular formula is C12H12BrCl2NO. The Morgan fingerprint density at radius 1 is 1.35 bits per heavy atom. The summed E-state index contributed by atoms with van der Waals surface area (Å²) >= 11 is 15.7. The molecule has 0 radical (unpaired) electrons. The molecule has 0 bridgehead atoms. The van der Waals surface area contributed by atoms with Crippen molar-refractivity contribution in [2.24, 2.45) is 0 Å². The molecule has 1 aliphatic rings. The number of anilines is 1. The molecule has 0 amide bonds. The van der Waals surface area contributed by atoms with E-state index in [1.807, 2.05) is 19.1 Å². The molecule has 1 atom stereocenters. The first-order valence-electron chi connectivity index (χ1n) is 5.42. The predicted octanol–water partition coefficient (Wildman–Crippen LogP) is 4.31. The predicted molar refractivity (Wildman–Crippen MR) is 75.2 cm³/mol. The summed E-state index contributed by atoms with van der Waals surface area (Å²) in [5, 5.41) is 1.07. The molecule has 17 heavy (non-hydrogen) atoms. The number of nitrogens with zero attached hydrogens (tertiary/aromatic N) is 1. The zero-order chi connectivity index (χ0) is 12.6. The Morgan fingerprint density at radius 2 is 2.06 bits per heavy atom.